The van der Waals surface area contributed by atoms with E-state index in [2.05, 4.69) is 28.6 Å². The van der Waals surface area contributed by atoms with E-state index in [9.17, 15) is 0 Å². The number of aromatic nitrogens is 2. The number of nitrogens with one attached hydrogen (secondary N) is 1. The van der Waals surface area contributed by atoms with Crippen LogP contribution in [-0.4, -0.2) is 4.98 Å². The van der Waals surface area contributed by atoms with Crippen molar-refractivity contribution in [2.45, 2.75) is 6.92 Å². The molecule has 1 N–H and O–H groups in total. The fraction of sp³-hybridized carbons (Fsp3) is 0.222. The Morgan fingerprint density at radius 1 is 1.42 bits per heavy atom. The summed E-state index contributed by atoms with van der Waals surface area (Å²) in [7, 11) is 2.04. The van der Waals surface area contributed by atoms with Crippen molar-refractivity contribution in [1.29, 1.82) is 0 Å². The van der Waals surface area contributed by atoms with Gasteiger partial charge in [0.1, 0.15) is 17.3 Å². The van der Waals surface area contributed by atoms with Crippen molar-refractivity contribution in [2.24, 2.45) is 7.05 Å². The average Bonchev–Trinajstić information content (AvgIpc) is 2.58. The zero-order valence-electron chi connectivity index (χ0n) is 7.16. The Labute approximate surface area is 75.5 Å². The first-order valence-electron chi connectivity index (χ1n) is 3.87. The molecule has 0 radical (unpaired) electrons. The highest BCUT2D eigenvalue weighted by atomic mass is 32.1. The second-order valence-corrected chi connectivity index (χ2v) is 4.12. The van der Waals surface area contributed by atoms with Crippen molar-refractivity contribution >= 4 is 11.3 Å². The molecule has 2 nitrogen and oxygen atoms in total. The summed E-state index contributed by atoms with van der Waals surface area (Å²) in [4.78, 5) is 5.85. The van der Waals surface area contributed by atoms with Gasteiger partial charge >= 0.3 is 0 Å². The van der Waals surface area contributed by atoms with Crippen LogP contribution >= 0.6 is 11.3 Å². The molecule has 12 heavy (non-hydrogen) atoms. The van der Waals surface area contributed by atoms with Gasteiger partial charge in [-0.3, -0.25) is 0 Å². The number of thiophene rings is 1. The zero-order valence-corrected chi connectivity index (χ0v) is 7.98. The molecule has 0 amide bonds. The van der Waals surface area contributed by atoms with Crippen LogP contribution in [0.3, 0.4) is 0 Å². The van der Waals surface area contributed by atoms with Gasteiger partial charge in [-0.25, -0.2) is 9.55 Å². The summed E-state index contributed by atoms with van der Waals surface area (Å²) >= 11 is 1.81. The van der Waals surface area contributed by atoms with Crippen LogP contribution in [0.15, 0.2) is 24.5 Å². The second kappa shape index (κ2) is 2.75. The molecular weight excluding hydrogens is 168 g/mol. The van der Waals surface area contributed by atoms with Crippen LogP contribution in [0.5, 0.6) is 0 Å². The summed E-state index contributed by atoms with van der Waals surface area (Å²) in [6, 6.07) is 4.28. The molecule has 0 bridgehead atoms. The highest BCUT2D eigenvalue weighted by Gasteiger charge is 2.10. The molecule has 0 aliphatic carbocycles. The normalized spacial score (nSPS) is 10.5. The van der Waals surface area contributed by atoms with Crippen LogP contribution in [0.1, 0.15) is 4.88 Å². The van der Waals surface area contributed by atoms with E-state index in [4.69, 9.17) is 0 Å². The highest BCUT2D eigenvalue weighted by Crippen LogP contribution is 2.23. The van der Waals surface area contributed by atoms with Crippen LogP contribution in [0.4, 0.5) is 0 Å². The molecule has 0 aliphatic heterocycles. The molecule has 2 aromatic rings. The van der Waals surface area contributed by atoms with E-state index in [1.165, 1.54) is 15.6 Å². The number of nitrogens with zero attached hydrogens (tertiary/aromatic N) is 1. The predicted molar refractivity (Wildman–Crippen MR) is 50.0 cm³/mol. The maximum Gasteiger partial charge on any atom is 0.296 e. The first kappa shape index (κ1) is 7.55. The minimum absolute atomic E-state index is 1.17. The van der Waals surface area contributed by atoms with Crippen molar-refractivity contribution in [1.82, 2.24) is 4.98 Å². The van der Waals surface area contributed by atoms with E-state index in [1.807, 2.05) is 30.8 Å². The van der Waals surface area contributed by atoms with Crippen LogP contribution in [0, 0.1) is 6.92 Å². The third kappa shape index (κ3) is 1.16. The smallest absolute Gasteiger partial charge is 0.243 e. The van der Waals surface area contributed by atoms with E-state index < -0.39 is 0 Å². The summed E-state index contributed by atoms with van der Waals surface area (Å²) < 4.78 is 2.09. The molecule has 0 saturated carbocycles. The van der Waals surface area contributed by atoms with Gasteiger partial charge in [-0.05, 0) is 19.1 Å². The minimum Gasteiger partial charge on any atom is -0.243 e. The van der Waals surface area contributed by atoms with Crippen molar-refractivity contribution in [3.63, 3.8) is 0 Å². The third-order valence-electron chi connectivity index (χ3n) is 1.84. The first-order chi connectivity index (χ1) is 5.77. The Bertz CT molecular complexity index is 387. The number of hydrogen-bond acceptors (Lipinski definition) is 1. The van der Waals surface area contributed by atoms with E-state index in [0.29, 0.717) is 0 Å². The Kier molecular flexibility index (Phi) is 1.73. The molecule has 62 valence electrons. The van der Waals surface area contributed by atoms with Crippen molar-refractivity contribution in [3.05, 3.63) is 29.4 Å². The monoisotopic (exact) mass is 179 g/mol. The molecule has 2 rings (SSSR count). The SMILES string of the molecule is Cc1ccc(-c2[nH]cc[n+]2C)s1. The number of rotatable bonds is 1. The molecule has 0 atom stereocenters. The lowest BCUT2D eigenvalue weighted by Crippen LogP contribution is -2.27. The van der Waals surface area contributed by atoms with Gasteiger partial charge in [0.25, 0.3) is 5.82 Å². The van der Waals surface area contributed by atoms with Crippen LogP contribution < -0.4 is 4.57 Å². The van der Waals surface area contributed by atoms with Crippen LogP contribution in [0.2, 0.25) is 0 Å². The summed E-state index contributed by atoms with van der Waals surface area (Å²) in [5, 5.41) is 0. The maximum absolute atomic E-state index is 3.21. The number of hydrogen-bond donors (Lipinski definition) is 1. The van der Waals surface area contributed by atoms with Crippen molar-refractivity contribution < 1.29 is 4.57 Å². The largest absolute Gasteiger partial charge is 0.296 e. The second-order valence-electron chi connectivity index (χ2n) is 2.83. The van der Waals surface area contributed by atoms with Gasteiger partial charge in [-0.2, -0.15) is 0 Å². The Balaban J connectivity index is 2.50. The molecule has 0 spiro atoms. The Morgan fingerprint density at radius 3 is 2.75 bits per heavy atom. The van der Waals surface area contributed by atoms with Crippen LogP contribution in [0.25, 0.3) is 10.7 Å². The zero-order chi connectivity index (χ0) is 8.55. The van der Waals surface area contributed by atoms with E-state index in [-0.39, 0.29) is 0 Å². The number of aromatic amines is 1. The highest BCUT2D eigenvalue weighted by molar-refractivity contribution is 7.15. The molecule has 0 saturated heterocycles. The van der Waals surface area contributed by atoms with Gasteiger partial charge in [0.15, 0.2) is 0 Å². The lowest BCUT2D eigenvalue weighted by molar-refractivity contribution is -0.658. The molecular formula is C9H11N2S+. The van der Waals surface area contributed by atoms with E-state index in [0.717, 1.165) is 0 Å². The molecule has 0 fully saturated rings. The minimum atomic E-state index is 1.17. The molecule has 3 heteroatoms. The van der Waals surface area contributed by atoms with Gasteiger partial charge in [0.05, 0.1) is 7.05 Å². The first-order valence-corrected chi connectivity index (χ1v) is 4.69. The van der Waals surface area contributed by atoms with E-state index >= 15 is 0 Å². The summed E-state index contributed by atoms with van der Waals surface area (Å²) in [5.41, 5.74) is 0. The lowest BCUT2D eigenvalue weighted by Gasteiger charge is -1.87. The topological polar surface area (TPSA) is 19.7 Å². The molecule has 2 heterocycles. The predicted octanol–water partition coefficient (Wildman–Crippen LogP) is 1.88. The molecule has 0 unspecified atom stereocenters. The Hall–Kier alpha value is -1.09. The number of imidazole rings is 1. The van der Waals surface area contributed by atoms with Gasteiger partial charge in [0.2, 0.25) is 0 Å². The fourth-order valence-corrected chi connectivity index (χ4v) is 2.13. The van der Waals surface area contributed by atoms with E-state index in [1.54, 1.807) is 0 Å². The van der Waals surface area contributed by atoms with Gasteiger partial charge in [0, 0.05) is 4.88 Å². The molecule has 2 aromatic heterocycles. The van der Waals surface area contributed by atoms with Crippen molar-refractivity contribution in [3.8, 4) is 10.7 Å². The maximum atomic E-state index is 3.21. The molecule has 0 aromatic carbocycles. The summed E-state index contributed by atoms with van der Waals surface area (Å²) in [6.07, 6.45) is 3.97. The molecule has 0 aliphatic rings. The standard InChI is InChI=1S/C9H10N2S/c1-7-3-4-8(12-7)9-10-5-6-11(9)2/h3-6H,1-2H3/p+1. The Morgan fingerprint density at radius 2 is 2.25 bits per heavy atom. The quantitative estimate of drug-likeness (QED) is 0.645. The van der Waals surface area contributed by atoms with Crippen molar-refractivity contribution in [2.75, 3.05) is 0 Å². The summed E-state index contributed by atoms with van der Waals surface area (Å²) in [6.45, 7) is 2.12. The summed E-state index contributed by atoms with van der Waals surface area (Å²) in [5.74, 6) is 1.17. The fourth-order valence-electron chi connectivity index (χ4n) is 1.21. The van der Waals surface area contributed by atoms with Crippen LogP contribution in [-0.2, 0) is 7.05 Å². The van der Waals surface area contributed by atoms with Gasteiger partial charge < -0.3 is 0 Å². The van der Waals surface area contributed by atoms with Gasteiger partial charge in [-0.1, -0.05) is 0 Å². The third-order valence-corrected chi connectivity index (χ3v) is 2.85. The number of H-pyrrole nitrogens is 1. The lowest BCUT2D eigenvalue weighted by atomic mass is 10.4. The average molecular weight is 179 g/mol. The van der Waals surface area contributed by atoms with Gasteiger partial charge in [-0.15, -0.1) is 11.3 Å². The number of aryl methyl sites for hydroxylation is 2.